The van der Waals surface area contributed by atoms with Gasteiger partial charge in [-0.2, -0.15) is 5.10 Å². The molecule has 1 N–H and O–H groups in total. The van der Waals surface area contributed by atoms with Crippen molar-refractivity contribution in [2.45, 2.75) is 46.8 Å². The summed E-state index contributed by atoms with van der Waals surface area (Å²) >= 11 is 6.15. The number of hydrogen-bond acceptors (Lipinski definition) is 3. The third-order valence-electron chi connectivity index (χ3n) is 3.13. The van der Waals surface area contributed by atoms with Crippen molar-refractivity contribution >= 4 is 11.6 Å². The molecule has 4 nitrogen and oxygen atoms in total. The molecular formula is C14H20ClN3O. The van der Waals surface area contributed by atoms with Gasteiger partial charge in [-0.25, -0.2) is 0 Å². The monoisotopic (exact) mass is 281 g/mol. The van der Waals surface area contributed by atoms with Crippen molar-refractivity contribution in [3.63, 3.8) is 0 Å². The Morgan fingerprint density at radius 2 is 2.16 bits per heavy atom. The second-order valence-corrected chi connectivity index (χ2v) is 5.43. The van der Waals surface area contributed by atoms with Crippen molar-refractivity contribution in [1.82, 2.24) is 15.1 Å². The molecule has 0 fully saturated rings. The van der Waals surface area contributed by atoms with Crippen molar-refractivity contribution < 1.29 is 4.42 Å². The number of aromatic nitrogens is 2. The third-order valence-corrected chi connectivity index (χ3v) is 3.67. The molecule has 0 spiro atoms. The summed E-state index contributed by atoms with van der Waals surface area (Å²) in [6.45, 7) is 9.55. The summed E-state index contributed by atoms with van der Waals surface area (Å²) in [4.78, 5) is 0. The smallest absolute Gasteiger partial charge is 0.129 e. The predicted molar refractivity (Wildman–Crippen MR) is 76.5 cm³/mol. The van der Waals surface area contributed by atoms with Crippen LogP contribution in [-0.4, -0.2) is 15.8 Å². The molecule has 0 aliphatic carbocycles. The van der Waals surface area contributed by atoms with Gasteiger partial charge in [0.25, 0.3) is 0 Å². The molecular weight excluding hydrogens is 262 g/mol. The molecule has 0 atom stereocenters. The predicted octanol–water partition coefficient (Wildman–Crippen LogP) is 3.29. The Bertz CT molecular complexity index is 557. The molecule has 0 radical (unpaired) electrons. The molecule has 0 saturated carbocycles. The number of halogens is 1. The van der Waals surface area contributed by atoms with Gasteiger partial charge in [-0.05, 0) is 19.9 Å². The van der Waals surface area contributed by atoms with E-state index < -0.39 is 0 Å². The lowest BCUT2D eigenvalue weighted by molar-refractivity contribution is 0.466. The fourth-order valence-electron chi connectivity index (χ4n) is 1.94. The fraction of sp³-hybridized carbons (Fsp3) is 0.500. The van der Waals surface area contributed by atoms with E-state index in [-0.39, 0.29) is 0 Å². The van der Waals surface area contributed by atoms with E-state index in [0.717, 1.165) is 34.3 Å². The van der Waals surface area contributed by atoms with Gasteiger partial charge in [-0.3, -0.25) is 4.68 Å². The number of nitrogens with zero attached hydrogens (tertiary/aromatic N) is 2. The number of rotatable bonds is 5. The van der Waals surface area contributed by atoms with Crippen LogP contribution < -0.4 is 5.32 Å². The minimum Gasteiger partial charge on any atom is -0.467 e. The van der Waals surface area contributed by atoms with Gasteiger partial charge in [0, 0.05) is 18.2 Å². The van der Waals surface area contributed by atoms with E-state index in [1.54, 1.807) is 6.26 Å². The molecule has 0 saturated heterocycles. The minimum atomic E-state index is 0.450. The zero-order valence-corrected chi connectivity index (χ0v) is 12.6. The van der Waals surface area contributed by atoms with E-state index in [2.05, 4.69) is 24.3 Å². The summed E-state index contributed by atoms with van der Waals surface area (Å²) in [7, 11) is 0. The average molecular weight is 282 g/mol. The Labute approximate surface area is 118 Å². The maximum absolute atomic E-state index is 6.15. The fourth-order valence-corrected chi connectivity index (χ4v) is 2.08. The number of aryl methyl sites for hydroxylation is 1. The minimum absolute atomic E-state index is 0.450. The summed E-state index contributed by atoms with van der Waals surface area (Å²) in [6, 6.07) is 2.45. The second-order valence-electron chi connectivity index (χ2n) is 5.05. The maximum atomic E-state index is 6.15. The first kappa shape index (κ1) is 14.2. The van der Waals surface area contributed by atoms with E-state index in [9.17, 15) is 0 Å². The highest BCUT2D eigenvalue weighted by molar-refractivity contribution is 6.31. The van der Waals surface area contributed by atoms with Crippen molar-refractivity contribution in [3.05, 3.63) is 40.1 Å². The molecule has 104 valence electrons. The van der Waals surface area contributed by atoms with Crippen molar-refractivity contribution in [2.75, 3.05) is 0 Å². The van der Waals surface area contributed by atoms with Crippen molar-refractivity contribution in [3.8, 4) is 0 Å². The Kier molecular flexibility index (Phi) is 4.32. The van der Waals surface area contributed by atoms with Crippen molar-refractivity contribution in [1.29, 1.82) is 0 Å². The highest BCUT2D eigenvalue weighted by atomic mass is 35.5. The molecule has 0 bridgehead atoms. The van der Waals surface area contributed by atoms with E-state index in [1.807, 2.05) is 24.6 Å². The number of nitrogens with one attached hydrogen (secondary N) is 1. The molecule has 5 heteroatoms. The first-order valence-corrected chi connectivity index (χ1v) is 6.85. The first-order chi connectivity index (χ1) is 8.99. The molecule has 2 rings (SSSR count). The van der Waals surface area contributed by atoms with E-state index in [0.29, 0.717) is 12.6 Å². The highest BCUT2D eigenvalue weighted by Crippen LogP contribution is 2.21. The Balaban J connectivity index is 2.15. The van der Waals surface area contributed by atoms with Crippen LogP contribution in [0.4, 0.5) is 0 Å². The Hall–Kier alpha value is -1.26. The van der Waals surface area contributed by atoms with Gasteiger partial charge in [0.05, 0.1) is 29.2 Å². The van der Waals surface area contributed by atoms with Gasteiger partial charge in [-0.15, -0.1) is 0 Å². The molecule has 19 heavy (non-hydrogen) atoms. The molecule has 0 unspecified atom stereocenters. The lowest BCUT2D eigenvalue weighted by Crippen LogP contribution is -2.22. The Morgan fingerprint density at radius 3 is 2.74 bits per heavy atom. The molecule has 0 aromatic carbocycles. The summed E-state index contributed by atoms with van der Waals surface area (Å²) in [5, 5.41) is 8.54. The van der Waals surface area contributed by atoms with Crippen LogP contribution in [0.5, 0.6) is 0 Å². The molecule has 2 aromatic rings. The zero-order chi connectivity index (χ0) is 14.0. The van der Waals surface area contributed by atoms with Gasteiger partial charge in [0.15, 0.2) is 0 Å². The molecule has 0 aliphatic rings. The highest BCUT2D eigenvalue weighted by Gasteiger charge is 2.13. The van der Waals surface area contributed by atoms with Crippen LogP contribution in [0, 0.1) is 13.8 Å². The van der Waals surface area contributed by atoms with E-state index in [1.165, 1.54) is 0 Å². The van der Waals surface area contributed by atoms with Crippen LogP contribution in [0.2, 0.25) is 5.02 Å². The van der Waals surface area contributed by atoms with Crippen LogP contribution in [0.15, 0.2) is 16.7 Å². The second kappa shape index (κ2) is 5.80. The number of hydrogen-bond donors (Lipinski definition) is 1. The topological polar surface area (TPSA) is 43.0 Å². The standard InChI is InChI=1S/C14H20ClN3O/c1-9(2)16-7-12-5-6-19-13(12)8-18-11(4)14(15)10(3)17-18/h5-6,9,16H,7-8H2,1-4H3. The summed E-state index contributed by atoms with van der Waals surface area (Å²) in [5.41, 5.74) is 2.99. The van der Waals surface area contributed by atoms with Crippen LogP contribution >= 0.6 is 11.6 Å². The summed E-state index contributed by atoms with van der Waals surface area (Å²) < 4.78 is 7.45. The van der Waals surface area contributed by atoms with Gasteiger partial charge < -0.3 is 9.73 Å². The van der Waals surface area contributed by atoms with Gasteiger partial charge in [0.2, 0.25) is 0 Å². The lowest BCUT2D eigenvalue weighted by atomic mass is 10.2. The van der Waals surface area contributed by atoms with Crippen LogP contribution in [0.3, 0.4) is 0 Å². The van der Waals surface area contributed by atoms with E-state index in [4.69, 9.17) is 16.0 Å². The molecule has 2 aromatic heterocycles. The zero-order valence-electron chi connectivity index (χ0n) is 11.8. The molecule has 0 aliphatic heterocycles. The average Bonchev–Trinajstić information content (AvgIpc) is 2.89. The number of furan rings is 1. The maximum Gasteiger partial charge on any atom is 0.129 e. The largest absolute Gasteiger partial charge is 0.467 e. The van der Waals surface area contributed by atoms with Crippen LogP contribution in [0.1, 0.15) is 36.6 Å². The Morgan fingerprint density at radius 1 is 1.42 bits per heavy atom. The van der Waals surface area contributed by atoms with Gasteiger partial charge >= 0.3 is 0 Å². The molecule has 2 heterocycles. The summed E-state index contributed by atoms with van der Waals surface area (Å²) in [5.74, 6) is 0.926. The SMILES string of the molecule is Cc1nn(Cc2occc2CNC(C)C)c(C)c1Cl. The van der Waals surface area contributed by atoms with Gasteiger partial charge in [0.1, 0.15) is 5.76 Å². The van der Waals surface area contributed by atoms with Crippen LogP contribution in [-0.2, 0) is 13.1 Å². The lowest BCUT2D eigenvalue weighted by Gasteiger charge is -2.09. The van der Waals surface area contributed by atoms with Gasteiger partial charge in [-0.1, -0.05) is 25.4 Å². The van der Waals surface area contributed by atoms with E-state index >= 15 is 0 Å². The van der Waals surface area contributed by atoms with Crippen molar-refractivity contribution in [2.24, 2.45) is 0 Å². The normalized spacial score (nSPS) is 11.5. The first-order valence-electron chi connectivity index (χ1n) is 6.47. The quantitative estimate of drug-likeness (QED) is 0.914. The van der Waals surface area contributed by atoms with Crippen LogP contribution in [0.25, 0.3) is 0 Å². The molecule has 0 amide bonds. The summed E-state index contributed by atoms with van der Waals surface area (Å²) in [6.07, 6.45) is 1.72. The third kappa shape index (κ3) is 3.19.